The Bertz CT molecular complexity index is 1160. The first kappa shape index (κ1) is 24.0. The highest BCUT2D eigenvalue weighted by atomic mass is 32.2. The molecule has 2 heterocycles. The Hall–Kier alpha value is -3.18. The zero-order valence-corrected chi connectivity index (χ0v) is 19.3. The third-order valence-electron chi connectivity index (χ3n) is 5.80. The number of hydrogen-bond donors (Lipinski definition) is 1. The normalized spacial score (nSPS) is 17.2. The molecule has 34 heavy (non-hydrogen) atoms. The highest BCUT2D eigenvalue weighted by molar-refractivity contribution is 7.89. The van der Waals surface area contributed by atoms with Crippen LogP contribution in [0, 0.1) is 11.7 Å². The summed E-state index contributed by atoms with van der Waals surface area (Å²) in [5.41, 5.74) is 0.811. The predicted octanol–water partition coefficient (Wildman–Crippen LogP) is 2.20. The zero-order chi connectivity index (χ0) is 24.3. The number of nitrogens with one attached hydrogen (secondary N) is 1. The number of ether oxygens (including phenoxy) is 3. The largest absolute Gasteiger partial charge is 0.454 e. The average molecular weight is 493 g/mol. The molecule has 1 saturated heterocycles. The molecule has 0 aromatic heterocycles. The number of carbonyl (C=O) groups excluding carboxylic acids is 2. The summed E-state index contributed by atoms with van der Waals surface area (Å²) in [4.78, 5) is 24.9. The number of fused-ring (bicyclic) bond motifs is 1. The summed E-state index contributed by atoms with van der Waals surface area (Å²) in [5, 5.41) is 2.72. The van der Waals surface area contributed by atoms with Crippen molar-refractivity contribution in [1.82, 2.24) is 9.62 Å². The molecule has 1 amide bonds. The molecule has 9 nitrogen and oxygen atoms in total. The minimum absolute atomic E-state index is 0.00248. The lowest BCUT2D eigenvalue weighted by Gasteiger charge is -2.30. The van der Waals surface area contributed by atoms with E-state index in [0.717, 1.165) is 17.7 Å². The van der Waals surface area contributed by atoms with Crippen LogP contribution in [0.15, 0.2) is 47.4 Å². The Morgan fingerprint density at radius 3 is 2.50 bits per heavy atom. The minimum Gasteiger partial charge on any atom is -0.454 e. The number of amides is 1. The van der Waals surface area contributed by atoms with Crippen molar-refractivity contribution < 1.29 is 36.6 Å². The number of rotatable bonds is 7. The van der Waals surface area contributed by atoms with Gasteiger partial charge in [0, 0.05) is 19.6 Å². The Labute approximate surface area is 196 Å². The van der Waals surface area contributed by atoms with Gasteiger partial charge in [0.15, 0.2) is 17.6 Å². The zero-order valence-electron chi connectivity index (χ0n) is 18.5. The van der Waals surface area contributed by atoms with Gasteiger partial charge in [-0.05, 0) is 61.7 Å². The van der Waals surface area contributed by atoms with E-state index in [1.54, 1.807) is 18.2 Å². The van der Waals surface area contributed by atoms with E-state index in [1.807, 2.05) is 0 Å². The quantitative estimate of drug-likeness (QED) is 0.590. The van der Waals surface area contributed by atoms with Crippen molar-refractivity contribution in [2.24, 2.45) is 5.92 Å². The molecule has 11 heteroatoms. The maximum atomic E-state index is 13.1. The number of benzene rings is 2. The van der Waals surface area contributed by atoms with Gasteiger partial charge in [-0.15, -0.1) is 0 Å². The molecule has 0 bridgehead atoms. The van der Waals surface area contributed by atoms with Crippen LogP contribution in [0.4, 0.5) is 4.39 Å². The summed E-state index contributed by atoms with van der Waals surface area (Å²) >= 11 is 0. The topological polar surface area (TPSA) is 111 Å². The van der Waals surface area contributed by atoms with Crippen LogP contribution < -0.4 is 14.8 Å². The Morgan fingerprint density at radius 2 is 1.79 bits per heavy atom. The van der Waals surface area contributed by atoms with Crippen molar-refractivity contribution >= 4 is 21.9 Å². The standard InChI is InChI=1S/C23H25FN2O7S/c1-15(22(27)25-13-16-2-7-20-21(12-16)32-14-31-20)33-23(28)17-8-10-26(11-9-17)34(29,30)19-5-3-18(24)4-6-19/h2-7,12,15,17H,8-11,13-14H2,1H3,(H,25,27). The number of hydrogen-bond acceptors (Lipinski definition) is 7. The molecule has 2 aromatic rings. The fraction of sp³-hybridized carbons (Fsp3) is 0.391. The van der Waals surface area contributed by atoms with Crippen LogP contribution in [-0.2, 0) is 30.9 Å². The lowest BCUT2D eigenvalue weighted by atomic mass is 9.98. The predicted molar refractivity (Wildman–Crippen MR) is 118 cm³/mol. The molecule has 0 aliphatic carbocycles. The maximum absolute atomic E-state index is 13.1. The van der Waals surface area contributed by atoms with E-state index in [2.05, 4.69) is 5.32 Å². The molecule has 4 rings (SSSR count). The second kappa shape index (κ2) is 9.98. The fourth-order valence-corrected chi connectivity index (χ4v) is 5.26. The fourth-order valence-electron chi connectivity index (χ4n) is 3.80. The Balaban J connectivity index is 1.24. The summed E-state index contributed by atoms with van der Waals surface area (Å²) in [7, 11) is -3.77. The molecule has 0 spiro atoms. The van der Waals surface area contributed by atoms with Gasteiger partial charge in [0.05, 0.1) is 10.8 Å². The molecule has 0 saturated carbocycles. The molecule has 0 radical (unpaired) electrons. The van der Waals surface area contributed by atoms with Crippen molar-refractivity contribution in [2.45, 2.75) is 37.3 Å². The molecule has 1 atom stereocenters. The minimum atomic E-state index is -3.77. The van der Waals surface area contributed by atoms with E-state index < -0.39 is 39.7 Å². The van der Waals surface area contributed by atoms with Crippen LogP contribution in [0.1, 0.15) is 25.3 Å². The summed E-state index contributed by atoms with van der Waals surface area (Å²) in [5.74, 6) is -0.752. The van der Waals surface area contributed by atoms with Crippen LogP contribution in [0.25, 0.3) is 0 Å². The van der Waals surface area contributed by atoms with E-state index in [1.165, 1.54) is 23.4 Å². The third kappa shape index (κ3) is 5.31. The van der Waals surface area contributed by atoms with Crippen molar-refractivity contribution in [1.29, 1.82) is 0 Å². The van der Waals surface area contributed by atoms with Crippen LogP contribution >= 0.6 is 0 Å². The second-order valence-electron chi connectivity index (χ2n) is 8.12. The van der Waals surface area contributed by atoms with E-state index in [9.17, 15) is 22.4 Å². The van der Waals surface area contributed by atoms with Gasteiger partial charge in [-0.25, -0.2) is 12.8 Å². The summed E-state index contributed by atoms with van der Waals surface area (Å²) in [6.07, 6.45) is -0.460. The van der Waals surface area contributed by atoms with Crippen molar-refractivity contribution in [3.8, 4) is 11.5 Å². The molecular weight excluding hydrogens is 467 g/mol. The van der Waals surface area contributed by atoms with Crippen molar-refractivity contribution in [2.75, 3.05) is 19.9 Å². The summed E-state index contributed by atoms with van der Waals surface area (Å²) in [6, 6.07) is 9.96. The molecule has 1 fully saturated rings. The summed E-state index contributed by atoms with van der Waals surface area (Å²) in [6.45, 7) is 2.14. The first-order valence-electron chi connectivity index (χ1n) is 10.9. The number of piperidine rings is 1. The SMILES string of the molecule is CC(OC(=O)C1CCN(S(=O)(=O)c2ccc(F)cc2)CC1)C(=O)NCc1ccc2c(c1)OCO2. The van der Waals surface area contributed by atoms with Gasteiger partial charge < -0.3 is 19.5 Å². The first-order valence-corrected chi connectivity index (χ1v) is 12.3. The molecule has 1 unspecified atom stereocenters. The molecule has 2 aliphatic heterocycles. The average Bonchev–Trinajstić information content (AvgIpc) is 3.30. The van der Waals surface area contributed by atoms with Gasteiger partial charge in [-0.1, -0.05) is 6.07 Å². The maximum Gasteiger partial charge on any atom is 0.309 e. The lowest BCUT2D eigenvalue weighted by molar-refractivity contribution is -0.159. The number of carbonyl (C=O) groups is 2. The van der Waals surface area contributed by atoms with E-state index >= 15 is 0 Å². The number of esters is 1. The van der Waals surface area contributed by atoms with Gasteiger partial charge in [0.1, 0.15) is 5.82 Å². The summed E-state index contributed by atoms with van der Waals surface area (Å²) < 4.78 is 55.7. The van der Waals surface area contributed by atoms with Crippen molar-refractivity contribution in [3.63, 3.8) is 0 Å². The lowest BCUT2D eigenvalue weighted by Crippen LogP contribution is -2.42. The van der Waals surface area contributed by atoms with E-state index in [-0.39, 0.29) is 44.2 Å². The van der Waals surface area contributed by atoms with Gasteiger partial charge in [-0.2, -0.15) is 4.31 Å². The van der Waals surface area contributed by atoms with Crippen LogP contribution in [-0.4, -0.2) is 50.6 Å². The number of halogens is 1. The molecule has 2 aromatic carbocycles. The highest BCUT2D eigenvalue weighted by Gasteiger charge is 2.34. The molecular formula is C23H25FN2O7S. The monoisotopic (exact) mass is 492 g/mol. The molecule has 182 valence electrons. The first-order chi connectivity index (χ1) is 16.2. The molecule has 1 N–H and O–H groups in total. The van der Waals surface area contributed by atoms with E-state index in [4.69, 9.17) is 14.2 Å². The van der Waals surface area contributed by atoms with Gasteiger partial charge in [-0.3, -0.25) is 9.59 Å². The van der Waals surface area contributed by atoms with Crippen LogP contribution in [0.3, 0.4) is 0 Å². The van der Waals surface area contributed by atoms with Crippen LogP contribution in [0.2, 0.25) is 0 Å². The number of sulfonamides is 1. The second-order valence-corrected chi connectivity index (χ2v) is 10.1. The van der Waals surface area contributed by atoms with E-state index in [0.29, 0.717) is 11.5 Å². The van der Waals surface area contributed by atoms with Gasteiger partial charge in [0.25, 0.3) is 5.91 Å². The number of nitrogens with zero attached hydrogens (tertiary/aromatic N) is 1. The van der Waals surface area contributed by atoms with Gasteiger partial charge >= 0.3 is 5.97 Å². The highest BCUT2D eigenvalue weighted by Crippen LogP contribution is 2.32. The Morgan fingerprint density at radius 1 is 1.12 bits per heavy atom. The molecule has 2 aliphatic rings. The third-order valence-corrected chi connectivity index (χ3v) is 7.72. The van der Waals surface area contributed by atoms with Crippen molar-refractivity contribution in [3.05, 3.63) is 53.8 Å². The smallest absolute Gasteiger partial charge is 0.309 e. The van der Waals surface area contributed by atoms with Crippen LogP contribution in [0.5, 0.6) is 11.5 Å². The van der Waals surface area contributed by atoms with Gasteiger partial charge in [0.2, 0.25) is 16.8 Å². The Kier molecular flexibility index (Phi) is 7.03.